The highest BCUT2D eigenvalue weighted by molar-refractivity contribution is 6.53. The molecule has 0 atom stereocenters. The first-order valence-electron chi connectivity index (χ1n) is 24.3. The smallest absolute Gasteiger partial charge is 0.341 e. The highest BCUT2D eigenvalue weighted by Crippen LogP contribution is 2.55. The summed E-state index contributed by atoms with van der Waals surface area (Å²) in [4.78, 5) is 24.3. The summed E-state index contributed by atoms with van der Waals surface area (Å²) in [5, 5.41) is -0.115. The van der Waals surface area contributed by atoms with E-state index in [1.54, 1.807) is 28.4 Å². The molecule has 5 heterocycles. The lowest BCUT2D eigenvalue weighted by Gasteiger charge is -2.29. The molecule has 0 N–H and O–H groups in total. The van der Waals surface area contributed by atoms with E-state index in [1.165, 1.54) is 0 Å². The van der Waals surface area contributed by atoms with E-state index >= 15 is 0 Å². The maximum absolute atomic E-state index is 14.8. The molecule has 10 nitrogen and oxygen atoms in total. The average Bonchev–Trinajstić information content (AvgIpc) is 4.27. The molecule has 0 unspecified atom stereocenters. The van der Waals surface area contributed by atoms with Gasteiger partial charge in [-0.25, -0.2) is 4.79 Å². The summed E-state index contributed by atoms with van der Waals surface area (Å²) < 4.78 is 32.1. The highest BCUT2D eigenvalue weighted by atomic mass is 35.5. The number of carbonyl (C=O) groups excluding carboxylic acids is 1. The van der Waals surface area contributed by atoms with Gasteiger partial charge in [0, 0.05) is 127 Å². The number of benzene rings is 5. The highest BCUT2D eigenvalue weighted by Gasteiger charge is 2.49. The monoisotopic (exact) mass is 1020 g/mol. The maximum Gasteiger partial charge on any atom is 0.341 e. The number of esters is 1. The van der Waals surface area contributed by atoms with Gasteiger partial charge in [-0.05, 0) is 123 Å². The standard InChI is InChI=1S/C56H58Cl4N4O6/c1-66-45-29-35(61-21-5-6-22-61)13-17-39(45)43(40-18-14-36(30-46(40)67-2)62-23-7-8-24-62)33-56(50-49(55(65)70-56)51(57)53(59)54(60)52(50)58)34-44(41-19-15-37(31-47(41)68-3)63-25-9-10-26-63)42-20-16-38(32-48(42)69-4)64-27-11-12-28-64/h13-20,29-34H,5-12,21-28H2,1-4H3. The van der Waals surface area contributed by atoms with Crippen LogP contribution in [0, 0.1) is 0 Å². The first-order valence-corrected chi connectivity index (χ1v) is 25.9. The number of nitrogens with zero attached hydrogens (tertiary/aromatic N) is 4. The predicted octanol–water partition coefficient (Wildman–Crippen LogP) is 13.4. The average molecular weight is 1020 g/mol. The molecule has 0 aliphatic carbocycles. The van der Waals surface area contributed by atoms with Crippen molar-refractivity contribution in [1.82, 2.24) is 0 Å². The summed E-state index contributed by atoms with van der Waals surface area (Å²) in [5.74, 6) is 1.72. The lowest BCUT2D eigenvalue weighted by molar-refractivity contribution is 0.0300. The van der Waals surface area contributed by atoms with Crippen LogP contribution < -0.4 is 38.5 Å². The normalized spacial score (nSPS) is 17.2. The van der Waals surface area contributed by atoms with Crippen molar-refractivity contribution in [3.8, 4) is 23.0 Å². The molecule has 4 fully saturated rings. The molecule has 5 aliphatic heterocycles. The number of ether oxygens (including phenoxy) is 5. The van der Waals surface area contributed by atoms with Crippen molar-refractivity contribution in [2.75, 3.05) is 100 Å². The molecule has 0 amide bonds. The fourth-order valence-electron chi connectivity index (χ4n) is 11.0. The third-order valence-corrected chi connectivity index (χ3v) is 16.4. The zero-order valence-corrected chi connectivity index (χ0v) is 43.2. The summed E-state index contributed by atoms with van der Waals surface area (Å²) in [6.07, 6.45) is 12.8. The van der Waals surface area contributed by atoms with Gasteiger partial charge in [-0.15, -0.1) is 0 Å². The van der Waals surface area contributed by atoms with Crippen LogP contribution in [0.25, 0.3) is 11.1 Å². The van der Waals surface area contributed by atoms with Crippen LogP contribution in [0.1, 0.15) is 89.5 Å². The third-order valence-electron chi connectivity index (χ3n) is 14.6. The number of cyclic esters (lactones) is 1. The molecule has 366 valence electrons. The van der Waals surface area contributed by atoms with Crippen molar-refractivity contribution in [2.45, 2.75) is 57.0 Å². The second-order valence-corrected chi connectivity index (χ2v) is 20.1. The van der Waals surface area contributed by atoms with E-state index in [-0.39, 0.29) is 31.2 Å². The molecule has 4 saturated heterocycles. The van der Waals surface area contributed by atoms with Gasteiger partial charge in [-0.2, -0.15) is 0 Å². The van der Waals surface area contributed by atoms with Crippen LogP contribution >= 0.6 is 46.4 Å². The van der Waals surface area contributed by atoms with Gasteiger partial charge in [0.15, 0.2) is 5.60 Å². The predicted molar refractivity (Wildman–Crippen MR) is 285 cm³/mol. The summed E-state index contributed by atoms with van der Waals surface area (Å²) in [6, 6.07) is 25.0. The van der Waals surface area contributed by atoms with Gasteiger partial charge < -0.3 is 43.3 Å². The SMILES string of the molecule is COc1cc(N2CCCC2)ccc1C(=CC1(C=C(c2ccc(N3CCCC3)cc2OC)c2ccc(N3CCCC3)cc2OC)OC(=O)c2c(Cl)c(Cl)c(Cl)c(Cl)c21)c1ccc(N2CCCC2)cc1OC. The third kappa shape index (κ3) is 8.88. The fourth-order valence-corrected chi connectivity index (χ4v) is 12.1. The van der Waals surface area contributed by atoms with Crippen molar-refractivity contribution in [1.29, 1.82) is 0 Å². The van der Waals surface area contributed by atoms with E-state index in [9.17, 15) is 4.79 Å². The topological polar surface area (TPSA) is 76.2 Å². The summed E-state index contributed by atoms with van der Waals surface area (Å²) in [6.45, 7) is 7.62. The van der Waals surface area contributed by atoms with Gasteiger partial charge in [0.25, 0.3) is 0 Å². The number of fused-ring (bicyclic) bond motifs is 1. The van der Waals surface area contributed by atoms with Crippen LogP contribution in [0.5, 0.6) is 23.0 Å². The van der Waals surface area contributed by atoms with E-state index in [0.29, 0.717) is 34.1 Å². The molecule has 0 saturated carbocycles. The maximum atomic E-state index is 14.8. The Morgan fingerprint density at radius 3 is 1.03 bits per heavy atom. The Balaban J connectivity index is 1.30. The number of methoxy groups -OCH3 is 4. The number of rotatable bonds is 14. The van der Waals surface area contributed by atoms with E-state index in [1.807, 2.05) is 12.2 Å². The molecule has 0 bridgehead atoms. The lowest BCUT2D eigenvalue weighted by atomic mass is 9.82. The molecule has 5 aromatic carbocycles. The molecule has 0 aromatic heterocycles. The summed E-state index contributed by atoms with van der Waals surface area (Å²) >= 11 is 28.3. The number of anilines is 4. The van der Waals surface area contributed by atoms with Crippen LogP contribution in [0.2, 0.25) is 20.1 Å². The Bertz CT molecular complexity index is 2590. The summed E-state index contributed by atoms with van der Waals surface area (Å²) in [7, 11) is 6.69. The fraction of sp³-hybridized carbons (Fsp3) is 0.375. The van der Waals surface area contributed by atoms with E-state index in [4.69, 9.17) is 70.1 Å². The number of hydrogen-bond acceptors (Lipinski definition) is 10. The van der Waals surface area contributed by atoms with Crippen molar-refractivity contribution >= 4 is 86.3 Å². The molecule has 0 spiro atoms. The van der Waals surface area contributed by atoms with Crippen molar-refractivity contribution < 1.29 is 28.5 Å². The number of halogens is 4. The van der Waals surface area contributed by atoms with Crippen LogP contribution in [0.3, 0.4) is 0 Å². The molecule has 5 aromatic rings. The Kier molecular flexibility index (Phi) is 14.0. The molecular formula is C56H58Cl4N4O6. The van der Waals surface area contributed by atoms with Gasteiger partial charge in [-0.3, -0.25) is 0 Å². The second kappa shape index (κ2) is 20.4. The van der Waals surface area contributed by atoms with Gasteiger partial charge >= 0.3 is 5.97 Å². The Morgan fingerprint density at radius 2 is 0.743 bits per heavy atom. The van der Waals surface area contributed by atoms with Gasteiger partial charge in [0.05, 0.1) is 54.1 Å². The molecule has 10 rings (SSSR count). The van der Waals surface area contributed by atoms with Gasteiger partial charge in [0.2, 0.25) is 0 Å². The van der Waals surface area contributed by atoms with Crippen molar-refractivity contribution in [3.05, 3.63) is 138 Å². The van der Waals surface area contributed by atoms with Crippen LogP contribution in [0.15, 0.2) is 84.9 Å². The van der Waals surface area contributed by atoms with Crippen molar-refractivity contribution in [3.63, 3.8) is 0 Å². The van der Waals surface area contributed by atoms with Crippen LogP contribution in [-0.2, 0) is 10.3 Å². The van der Waals surface area contributed by atoms with E-state index in [2.05, 4.69) is 92.4 Å². The minimum atomic E-state index is -1.83. The second-order valence-electron chi connectivity index (χ2n) is 18.6. The Morgan fingerprint density at radius 1 is 0.457 bits per heavy atom. The number of hydrogen-bond donors (Lipinski definition) is 0. The zero-order chi connectivity index (χ0) is 48.7. The minimum Gasteiger partial charge on any atom is -0.496 e. The first kappa shape index (κ1) is 48.2. The largest absolute Gasteiger partial charge is 0.496 e. The zero-order valence-electron chi connectivity index (χ0n) is 40.1. The molecule has 0 radical (unpaired) electrons. The summed E-state index contributed by atoms with van der Waals surface area (Å²) in [5.41, 5.74) is 6.76. The van der Waals surface area contributed by atoms with Crippen LogP contribution in [0.4, 0.5) is 22.7 Å². The lowest BCUT2D eigenvalue weighted by Crippen LogP contribution is -2.24. The molecule has 5 aliphatic rings. The minimum absolute atomic E-state index is 0.00709. The molecule has 70 heavy (non-hydrogen) atoms. The van der Waals surface area contributed by atoms with Gasteiger partial charge in [-0.1, -0.05) is 46.4 Å². The Labute approximate surface area is 431 Å². The van der Waals surface area contributed by atoms with E-state index in [0.717, 1.165) is 149 Å². The number of carbonyl (C=O) groups is 1. The van der Waals surface area contributed by atoms with Crippen LogP contribution in [-0.4, -0.2) is 86.8 Å². The molecular weight excluding hydrogens is 966 g/mol. The molecule has 14 heteroatoms. The van der Waals surface area contributed by atoms with E-state index < -0.39 is 11.6 Å². The van der Waals surface area contributed by atoms with Crippen molar-refractivity contribution in [2.24, 2.45) is 0 Å². The first-order chi connectivity index (χ1) is 34.1. The van der Waals surface area contributed by atoms with Gasteiger partial charge in [0.1, 0.15) is 23.0 Å². The Hall–Kier alpha value is -5.39. The quantitative estimate of drug-likeness (QED) is 0.0610.